The zero-order valence-corrected chi connectivity index (χ0v) is 17.2. The van der Waals surface area contributed by atoms with Gasteiger partial charge in [-0.05, 0) is 12.1 Å². The quantitative estimate of drug-likeness (QED) is 0.781. The minimum Gasteiger partial charge on any atom is -0.507 e. The molecule has 3 fully saturated rings. The molecule has 2 unspecified atom stereocenters. The molecule has 3 aliphatic rings. The maximum Gasteiger partial charge on any atom is 0.261 e. The van der Waals surface area contributed by atoms with Crippen molar-refractivity contribution in [1.29, 1.82) is 0 Å². The molecule has 0 bridgehead atoms. The summed E-state index contributed by atoms with van der Waals surface area (Å²) >= 11 is 0. The zero-order chi connectivity index (χ0) is 20.4. The Bertz CT molecular complexity index is 795. The topological polar surface area (TPSA) is 77.5 Å². The maximum absolute atomic E-state index is 12.8. The van der Waals surface area contributed by atoms with Crippen LogP contribution in [0.1, 0.15) is 50.5 Å². The van der Waals surface area contributed by atoms with Gasteiger partial charge in [0.2, 0.25) is 0 Å². The Hall–Kier alpha value is -1.67. The second-order valence-corrected chi connectivity index (χ2v) is 9.52. The number of morpholine rings is 1. The standard InChI is InChI=1S/C21H29NO6/c1-18(2,3)21-19(4,5)13-26-20(21,27-28-21)14-6-7-15(16(23)12-14)17(24)22-8-10-25-11-9-22/h6-7,12,23H,8-11,13H2,1-5H3. The van der Waals surface area contributed by atoms with Crippen LogP contribution < -0.4 is 0 Å². The van der Waals surface area contributed by atoms with Crippen LogP contribution in [-0.4, -0.2) is 54.4 Å². The first kappa shape index (κ1) is 19.6. The average molecular weight is 391 g/mol. The third kappa shape index (κ3) is 2.40. The molecule has 7 heteroatoms. The Morgan fingerprint density at radius 3 is 2.36 bits per heavy atom. The van der Waals surface area contributed by atoms with Crippen LogP contribution >= 0.6 is 0 Å². The summed E-state index contributed by atoms with van der Waals surface area (Å²) in [6.07, 6.45) is 0. The molecular weight excluding hydrogens is 362 g/mol. The van der Waals surface area contributed by atoms with E-state index in [-0.39, 0.29) is 28.1 Å². The first-order valence-corrected chi connectivity index (χ1v) is 9.77. The van der Waals surface area contributed by atoms with Crippen LogP contribution in [0.5, 0.6) is 5.75 Å². The Balaban J connectivity index is 1.71. The van der Waals surface area contributed by atoms with Crippen LogP contribution in [0.25, 0.3) is 0 Å². The molecule has 1 N–H and O–H groups in total. The van der Waals surface area contributed by atoms with Crippen molar-refractivity contribution in [3.05, 3.63) is 29.3 Å². The van der Waals surface area contributed by atoms with Gasteiger partial charge < -0.3 is 19.5 Å². The summed E-state index contributed by atoms with van der Waals surface area (Å²) in [4.78, 5) is 25.9. The molecule has 0 radical (unpaired) electrons. The minimum atomic E-state index is -1.12. The molecule has 3 saturated heterocycles. The number of ether oxygens (including phenoxy) is 2. The van der Waals surface area contributed by atoms with Crippen LogP contribution in [0.15, 0.2) is 18.2 Å². The predicted molar refractivity (Wildman–Crippen MR) is 101 cm³/mol. The number of hydrogen-bond donors (Lipinski definition) is 1. The largest absolute Gasteiger partial charge is 0.507 e. The molecule has 28 heavy (non-hydrogen) atoms. The van der Waals surface area contributed by atoms with Crippen molar-refractivity contribution in [2.24, 2.45) is 10.8 Å². The van der Waals surface area contributed by atoms with Gasteiger partial charge in [0.15, 0.2) is 5.60 Å². The van der Waals surface area contributed by atoms with E-state index in [2.05, 4.69) is 34.6 Å². The van der Waals surface area contributed by atoms with Gasteiger partial charge in [-0.1, -0.05) is 40.7 Å². The van der Waals surface area contributed by atoms with E-state index in [1.807, 2.05) is 0 Å². The number of nitrogens with zero attached hydrogens (tertiary/aromatic N) is 1. The molecule has 1 amide bonds. The molecule has 0 aliphatic carbocycles. The zero-order valence-electron chi connectivity index (χ0n) is 17.2. The maximum atomic E-state index is 12.8. The molecule has 0 saturated carbocycles. The number of carbonyl (C=O) groups is 1. The van der Waals surface area contributed by atoms with Gasteiger partial charge in [0.1, 0.15) is 5.75 Å². The van der Waals surface area contributed by atoms with Crippen molar-refractivity contribution >= 4 is 5.91 Å². The molecule has 154 valence electrons. The van der Waals surface area contributed by atoms with Crippen LogP contribution in [0.2, 0.25) is 0 Å². The summed E-state index contributed by atoms with van der Waals surface area (Å²) in [6.45, 7) is 13.0. The molecule has 7 nitrogen and oxygen atoms in total. The lowest BCUT2D eigenvalue weighted by Crippen LogP contribution is -2.73. The van der Waals surface area contributed by atoms with E-state index < -0.39 is 11.4 Å². The number of fused-ring (bicyclic) bond motifs is 1. The smallest absolute Gasteiger partial charge is 0.261 e. The Morgan fingerprint density at radius 2 is 1.82 bits per heavy atom. The fraction of sp³-hybridized carbons (Fsp3) is 0.667. The fourth-order valence-corrected chi connectivity index (χ4v) is 5.09. The average Bonchev–Trinajstić information content (AvgIpc) is 2.76. The fourth-order valence-electron chi connectivity index (χ4n) is 5.09. The van der Waals surface area contributed by atoms with Gasteiger partial charge >= 0.3 is 0 Å². The Labute approximate surface area is 165 Å². The summed E-state index contributed by atoms with van der Waals surface area (Å²) in [5.74, 6) is -1.41. The summed E-state index contributed by atoms with van der Waals surface area (Å²) in [6, 6.07) is 5.00. The molecular formula is C21H29NO6. The van der Waals surface area contributed by atoms with E-state index in [0.29, 0.717) is 38.5 Å². The normalized spacial score (nSPS) is 32.0. The van der Waals surface area contributed by atoms with E-state index in [0.717, 1.165) is 0 Å². The SMILES string of the molecule is CC(C)(C)C12OOC1(c1ccc(C(=O)N3CCOCC3)c(O)c1)OCC2(C)C. The first-order chi connectivity index (χ1) is 13.1. The number of rotatable bonds is 2. The van der Waals surface area contributed by atoms with Crippen molar-refractivity contribution in [3.8, 4) is 5.75 Å². The monoisotopic (exact) mass is 391 g/mol. The van der Waals surface area contributed by atoms with Crippen molar-refractivity contribution < 1.29 is 29.1 Å². The first-order valence-electron chi connectivity index (χ1n) is 9.77. The number of phenolic OH excluding ortho intramolecular Hbond substituents is 1. The van der Waals surface area contributed by atoms with Crippen LogP contribution in [0.3, 0.4) is 0 Å². The van der Waals surface area contributed by atoms with Crippen molar-refractivity contribution in [2.75, 3.05) is 32.9 Å². The van der Waals surface area contributed by atoms with Crippen molar-refractivity contribution in [3.63, 3.8) is 0 Å². The third-order valence-corrected chi connectivity index (χ3v) is 6.30. The molecule has 0 aromatic heterocycles. The Morgan fingerprint density at radius 1 is 1.14 bits per heavy atom. The third-order valence-electron chi connectivity index (χ3n) is 6.30. The molecule has 4 rings (SSSR count). The summed E-state index contributed by atoms with van der Waals surface area (Å²) in [5.41, 5.74) is -0.407. The van der Waals surface area contributed by atoms with Crippen LogP contribution in [0.4, 0.5) is 0 Å². The second-order valence-electron chi connectivity index (χ2n) is 9.52. The summed E-state index contributed by atoms with van der Waals surface area (Å²) < 4.78 is 11.5. The highest BCUT2D eigenvalue weighted by atomic mass is 17.3. The molecule has 3 aliphatic heterocycles. The van der Waals surface area contributed by atoms with Crippen molar-refractivity contribution in [1.82, 2.24) is 4.90 Å². The van der Waals surface area contributed by atoms with Gasteiger partial charge in [-0.3, -0.25) is 4.79 Å². The lowest BCUT2D eigenvalue weighted by molar-refractivity contribution is -0.626. The lowest BCUT2D eigenvalue weighted by Gasteiger charge is -2.61. The van der Waals surface area contributed by atoms with Crippen LogP contribution in [-0.2, 0) is 25.0 Å². The number of hydrogen-bond acceptors (Lipinski definition) is 6. The Kier molecular flexibility index (Phi) is 4.32. The minimum absolute atomic E-state index is 0.0880. The second kappa shape index (κ2) is 6.16. The lowest BCUT2D eigenvalue weighted by atomic mass is 9.57. The van der Waals surface area contributed by atoms with E-state index >= 15 is 0 Å². The molecule has 3 heterocycles. The van der Waals surface area contributed by atoms with E-state index in [1.54, 1.807) is 23.1 Å². The number of phenols is 1. The van der Waals surface area contributed by atoms with E-state index in [1.165, 1.54) is 0 Å². The van der Waals surface area contributed by atoms with Gasteiger partial charge in [0, 0.05) is 29.5 Å². The van der Waals surface area contributed by atoms with E-state index in [9.17, 15) is 9.90 Å². The van der Waals surface area contributed by atoms with Crippen molar-refractivity contribution in [2.45, 2.75) is 46.0 Å². The number of carbonyl (C=O) groups excluding carboxylic acids is 1. The molecule has 2 atom stereocenters. The highest BCUT2D eigenvalue weighted by Gasteiger charge is 2.81. The van der Waals surface area contributed by atoms with Gasteiger partial charge in [0.05, 0.1) is 25.4 Å². The molecule has 1 aromatic rings. The summed E-state index contributed by atoms with van der Waals surface area (Å²) in [7, 11) is 0. The summed E-state index contributed by atoms with van der Waals surface area (Å²) in [5, 5.41) is 10.7. The number of benzene rings is 1. The molecule has 1 aromatic carbocycles. The van der Waals surface area contributed by atoms with Gasteiger partial charge in [0.25, 0.3) is 11.7 Å². The van der Waals surface area contributed by atoms with Gasteiger partial charge in [-0.2, -0.15) is 4.89 Å². The molecule has 0 spiro atoms. The highest BCUT2D eigenvalue weighted by molar-refractivity contribution is 5.97. The van der Waals surface area contributed by atoms with Crippen LogP contribution in [0, 0.1) is 10.8 Å². The number of aromatic hydroxyl groups is 1. The highest BCUT2D eigenvalue weighted by Crippen LogP contribution is 2.69. The van der Waals surface area contributed by atoms with Gasteiger partial charge in [-0.25, -0.2) is 4.89 Å². The van der Waals surface area contributed by atoms with Gasteiger partial charge in [-0.15, -0.1) is 0 Å². The van der Waals surface area contributed by atoms with E-state index in [4.69, 9.17) is 19.2 Å². The predicted octanol–water partition coefficient (Wildman–Crippen LogP) is 2.82. The number of amides is 1.